The van der Waals surface area contributed by atoms with Crippen molar-refractivity contribution in [3.8, 4) is 11.5 Å². The van der Waals surface area contributed by atoms with Crippen LogP contribution in [0.25, 0.3) is 0 Å². The molecule has 0 saturated heterocycles. The van der Waals surface area contributed by atoms with Gasteiger partial charge in [-0.25, -0.2) is 0 Å². The van der Waals surface area contributed by atoms with Gasteiger partial charge in [-0.15, -0.1) is 0 Å². The lowest BCUT2D eigenvalue weighted by Crippen LogP contribution is -2.00. The number of aliphatic carboxylic acids is 1. The van der Waals surface area contributed by atoms with Gasteiger partial charge in [0.2, 0.25) is 0 Å². The van der Waals surface area contributed by atoms with Gasteiger partial charge in [-0.1, -0.05) is 0 Å². The van der Waals surface area contributed by atoms with Gasteiger partial charge in [-0.2, -0.15) is 0 Å². The van der Waals surface area contributed by atoms with Crippen molar-refractivity contribution in [3.63, 3.8) is 0 Å². The average molecular weight is 194 g/mol. The first-order valence-corrected chi connectivity index (χ1v) is 4.36. The largest absolute Gasteiger partial charge is 0.508 e. The molecule has 0 amide bonds. The molecule has 4 nitrogen and oxygen atoms in total. The third kappa shape index (κ3) is 1.51. The molecule has 14 heavy (non-hydrogen) atoms. The maximum absolute atomic E-state index is 10.5. The SMILES string of the molecule is O=C(O)Cc1cc2c(cc1O)CCO2. The van der Waals surface area contributed by atoms with Crippen LogP contribution in [0.4, 0.5) is 0 Å². The molecule has 0 fully saturated rings. The maximum atomic E-state index is 10.5. The molecule has 0 spiro atoms. The highest BCUT2D eigenvalue weighted by Gasteiger charge is 2.16. The number of fused-ring (bicyclic) bond motifs is 1. The summed E-state index contributed by atoms with van der Waals surface area (Å²) in [6.07, 6.45) is 0.596. The van der Waals surface area contributed by atoms with E-state index in [0.717, 1.165) is 12.0 Å². The Morgan fingerprint density at radius 3 is 3.00 bits per heavy atom. The van der Waals surface area contributed by atoms with Crippen LogP contribution in [0.1, 0.15) is 11.1 Å². The van der Waals surface area contributed by atoms with Crippen LogP contribution in [0.3, 0.4) is 0 Å². The van der Waals surface area contributed by atoms with Crippen molar-refractivity contribution in [2.24, 2.45) is 0 Å². The molecule has 0 unspecified atom stereocenters. The zero-order chi connectivity index (χ0) is 10.1. The molecule has 1 aromatic carbocycles. The van der Waals surface area contributed by atoms with Crippen molar-refractivity contribution in [3.05, 3.63) is 23.3 Å². The van der Waals surface area contributed by atoms with Gasteiger partial charge >= 0.3 is 5.97 Å². The molecule has 1 aliphatic heterocycles. The van der Waals surface area contributed by atoms with Crippen LogP contribution in [-0.4, -0.2) is 22.8 Å². The summed E-state index contributed by atoms with van der Waals surface area (Å²) in [7, 11) is 0. The first-order chi connectivity index (χ1) is 6.66. The van der Waals surface area contributed by atoms with Gasteiger partial charge in [0.1, 0.15) is 11.5 Å². The van der Waals surface area contributed by atoms with Gasteiger partial charge in [-0.3, -0.25) is 4.79 Å². The van der Waals surface area contributed by atoms with Crippen molar-refractivity contribution in [2.75, 3.05) is 6.61 Å². The molecule has 0 atom stereocenters. The number of aromatic hydroxyl groups is 1. The fourth-order valence-corrected chi connectivity index (χ4v) is 1.56. The topological polar surface area (TPSA) is 66.8 Å². The second-order valence-electron chi connectivity index (χ2n) is 3.26. The molecule has 2 N–H and O–H groups in total. The van der Waals surface area contributed by atoms with E-state index in [4.69, 9.17) is 9.84 Å². The van der Waals surface area contributed by atoms with E-state index in [-0.39, 0.29) is 12.2 Å². The molecule has 4 heteroatoms. The van der Waals surface area contributed by atoms with E-state index < -0.39 is 5.97 Å². The van der Waals surface area contributed by atoms with Crippen molar-refractivity contribution < 1.29 is 19.7 Å². The minimum Gasteiger partial charge on any atom is -0.508 e. The Hall–Kier alpha value is -1.71. The number of rotatable bonds is 2. The summed E-state index contributed by atoms with van der Waals surface area (Å²) in [5.41, 5.74) is 1.34. The summed E-state index contributed by atoms with van der Waals surface area (Å²) in [5.74, 6) is -0.228. The lowest BCUT2D eigenvalue weighted by atomic mass is 10.1. The van der Waals surface area contributed by atoms with Gasteiger partial charge < -0.3 is 14.9 Å². The minimum absolute atomic E-state index is 0.0386. The fourth-order valence-electron chi connectivity index (χ4n) is 1.56. The zero-order valence-corrected chi connectivity index (χ0v) is 7.49. The van der Waals surface area contributed by atoms with Gasteiger partial charge in [0.15, 0.2) is 0 Å². The average Bonchev–Trinajstić information content (AvgIpc) is 2.51. The molecule has 0 radical (unpaired) electrons. The first kappa shape index (κ1) is 8.87. The zero-order valence-electron chi connectivity index (χ0n) is 7.49. The molecule has 0 aliphatic carbocycles. The Labute approximate surface area is 80.7 Å². The van der Waals surface area contributed by atoms with Crippen LogP contribution in [0.2, 0.25) is 0 Å². The van der Waals surface area contributed by atoms with Crippen LogP contribution in [0.5, 0.6) is 11.5 Å². The summed E-state index contributed by atoms with van der Waals surface area (Å²) in [6.45, 7) is 0.602. The van der Waals surface area contributed by atoms with Crippen molar-refractivity contribution in [1.29, 1.82) is 0 Å². The van der Waals surface area contributed by atoms with Crippen LogP contribution in [-0.2, 0) is 17.6 Å². The van der Waals surface area contributed by atoms with Crippen LogP contribution < -0.4 is 4.74 Å². The van der Waals surface area contributed by atoms with Crippen molar-refractivity contribution in [2.45, 2.75) is 12.8 Å². The Morgan fingerprint density at radius 1 is 1.50 bits per heavy atom. The number of hydrogen-bond donors (Lipinski definition) is 2. The Bertz CT molecular complexity index is 384. The second-order valence-corrected chi connectivity index (χ2v) is 3.26. The number of carbonyl (C=O) groups is 1. The molecular weight excluding hydrogens is 184 g/mol. The number of phenols is 1. The monoisotopic (exact) mass is 194 g/mol. The number of phenolic OH excluding ortho intramolecular Hbond substituents is 1. The van der Waals surface area contributed by atoms with E-state index in [1.807, 2.05) is 0 Å². The van der Waals surface area contributed by atoms with Gasteiger partial charge in [0.05, 0.1) is 13.0 Å². The molecule has 1 heterocycles. The van der Waals surface area contributed by atoms with Crippen LogP contribution >= 0.6 is 0 Å². The summed E-state index contributed by atoms with van der Waals surface area (Å²) in [6, 6.07) is 3.19. The maximum Gasteiger partial charge on any atom is 0.307 e. The fraction of sp³-hybridized carbons (Fsp3) is 0.300. The smallest absolute Gasteiger partial charge is 0.307 e. The molecule has 1 aliphatic rings. The highest BCUT2D eigenvalue weighted by Crippen LogP contribution is 2.32. The van der Waals surface area contributed by atoms with E-state index in [0.29, 0.717) is 17.9 Å². The van der Waals surface area contributed by atoms with E-state index in [1.54, 1.807) is 12.1 Å². The summed E-state index contributed by atoms with van der Waals surface area (Å²) in [5, 5.41) is 18.1. The Morgan fingerprint density at radius 2 is 2.29 bits per heavy atom. The van der Waals surface area contributed by atoms with Gasteiger partial charge in [0.25, 0.3) is 0 Å². The quantitative estimate of drug-likeness (QED) is 0.735. The predicted molar refractivity (Wildman–Crippen MR) is 48.6 cm³/mol. The lowest BCUT2D eigenvalue weighted by molar-refractivity contribution is -0.136. The molecule has 2 rings (SSSR count). The van der Waals surface area contributed by atoms with E-state index in [1.165, 1.54) is 0 Å². The number of carboxylic acid groups (broad SMARTS) is 1. The van der Waals surface area contributed by atoms with Gasteiger partial charge in [-0.05, 0) is 12.1 Å². The summed E-state index contributed by atoms with van der Waals surface area (Å²) >= 11 is 0. The predicted octanol–water partition coefficient (Wildman–Crippen LogP) is 0.954. The van der Waals surface area contributed by atoms with Crippen molar-refractivity contribution in [1.82, 2.24) is 0 Å². The third-order valence-electron chi connectivity index (χ3n) is 2.23. The number of carboxylic acids is 1. The Kier molecular flexibility index (Phi) is 2.04. The third-order valence-corrected chi connectivity index (χ3v) is 2.23. The highest BCUT2D eigenvalue weighted by molar-refractivity contribution is 5.72. The summed E-state index contributed by atoms with van der Waals surface area (Å²) in [4.78, 5) is 10.5. The lowest BCUT2D eigenvalue weighted by Gasteiger charge is -2.04. The number of hydrogen-bond acceptors (Lipinski definition) is 3. The summed E-state index contributed by atoms with van der Waals surface area (Å²) < 4.78 is 5.27. The first-order valence-electron chi connectivity index (χ1n) is 4.36. The van der Waals surface area contributed by atoms with Crippen molar-refractivity contribution >= 4 is 5.97 Å². The molecular formula is C10H10O4. The standard InChI is InChI=1S/C10H10O4/c11-8-3-6-1-2-14-9(6)4-7(8)5-10(12)13/h3-4,11H,1-2,5H2,(H,12,13). The molecule has 1 aromatic rings. The minimum atomic E-state index is -0.960. The van der Waals surface area contributed by atoms with E-state index in [9.17, 15) is 9.90 Å². The molecule has 0 bridgehead atoms. The molecule has 0 aromatic heterocycles. The van der Waals surface area contributed by atoms with E-state index >= 15 is 0 Å². The highest BCUT2D eigenvalue weighted by atomic mass is 16.5. The number of benzene rings is 1. The second kappa shape index (κ2) is 3.21. The van der Waals surface area contributed by atoms with Crippen LogP contribution in [0.15, 0.2) is 12.1 Å². The molecule has 0 saturated carbocycles. The van der Waals surface area contributed by atoms with Gasteiger partial charge in [0, 0.05) is 17.5 Å². The van der Waals surface area contributed by atoms with E-state index in [2.05, 4.69) is 0 Å². The molecule has 74 valence electrons. The Balaban J connectivity index is 2.37. The normalized spacial score (nSPS) is 13.4. The number of ether oxygens (including phenoxy) is 1. The van der Waals surface area contributed by atoms with Crippen LogP contribution in [0, 0.1) is 0 Å².